The zero-order valence-electron chi connectivity index (χ0n) is 15.7. The molecule has 1 amide bonds. The highest BCUT2D eigenvalue weighted by Gasteiger charge is 2.45. The molecule has 3 aliphatic rings. The van der Waals surface area contributed by atoms with Gasteiger partial charge < -0.3 is 9.22 Å². The molecule has 4 nitrogen and oxygen atoms in total. The Labute approximate surface area is 159 Å². The molecule has 3 aliphatic heterocycles. The maximum Gasteiger partial charge on any atom is 0.415 e. The van der Waals surface area contributed by atoms with Gasteiger partial charge in [-0.15, -0.1) is 0 Å². The number of quaternary nitrogens is 1. The molecule has 27 heavy (non-hydrogen) atoms. The maximum atomic E-state index is 14.4. The second-order valence-electron chi connectivity index (χ2n) is 8.03. The zero-order chi connectivity index (χ0) is 18.9. The van der Waals surface area contributed by atoms with Crippen molar-refractivity contribution >= 4 is 11.8 Å². The number of hydrogen-bond donors (Lipinski definition) is 0. The second kappa shape index (κ2) is 7.31. The van der Waals surface area contributed by atoms with E-state index >= 15 is 0 Å². The van der Waals surface area contributed by atoms with Gasteiger partial charge in [0, 0.05) is 18.8 Å². The van der Waals surface area contributed by atoms with E-state index in [4.69, 9.17) is 4.74 Å². The van der Waals surface area contributed by atoms with Crippen LogP contribution in [0.2, 0.25) is 0 Å². The van der Waals surface area contributed by atoms with Crippen molar-refractivity contribution in [2.45, 2.75) is 25.5 Å². The quantitative estimate of drug-likeness (QED) is 0.756. The number of fused-ring (bicyclic) bond motifs is 3. The lowest BCUT2D eigenvalue weighted by Gasteiger charge is -2.49. The highest BCUT2D eigenvalue weighted by molar-refractivity contribution is 5.87. The zero-order valence-corrected chi connectivity index (χ0v) is 15.7. The number of likely N-dealkylation sites (N-methyl/N-ethyl adjacent to an activating group) is 1. The maximum absolute atomic E-state index is 14.4. The molecule has 0 N–H and O–H groups in total. The largest absolute Gasteiger partial charge is 0.440 e. The third kappa shape index (κ3) is 3.83. The Hall–Kier alpha value is -2.40. The SMILES string of the molecule is C[N+]12CCC(CC1)[C@@H](OC(=O)N(Cc1ccccc1)c1ccccc1F)C2. The predicted octanol–water partition coefficient (Wildman–Crippen LogP) is 4.21. The van der Waals surface area contributed by atoms with Crippen molar-refractivity contribution in [3.05, 3.63) is 66.0 Å². The van der Waals surface area contributed by atoms with Gasteiger partial charge in [0.15, 0.2) is 6.10 Å². The number of ether oxygens (including phenoxy) is 1. The molecule has 0 spiro atoms. The standard InChI is InChI=1S/C22H26FN2O2/c1-25-13-11-18(12-14-25)21(16-25)27-22(26)24(15-17-7-3-2-4-8-17)20-10-6-5-9-19(20)23/h2-10,18,21H,11-16H2,1H3/q+1/t18?,21-,25?/m0/s1. The predicted molar refractivity (Wildman–Crippen MR) is 103 cm³/mol. The van der Waals surface area contributed by atoms with E-state index < -0.39 is 11.9 Å². The van der Waals surface area contributed by atoms with Crippen LogP contribution in [-0.2, 0) is 11.3 Å². The smallest absolute Gasteiger partial charge is 0.415 e. The molecule has 0 unspecified atom stereocenters. The highest BCUT2D eigenvalue weighted by atomic mass is 19.1. The van der Waals surface area contributed by atoms with Crippen molar-refractivity contribution < 1.29 is 18.4 Å². The number of carbonyl (C=O) groups is 1. The van der Waals surface area contributed by atoms with Crippen molar-refractivity contribution in [3.8, 4) is 0 Å². The van der Waals surface area contributed by atoms with Gasteiger partial charge in [-0.05, 0) is 17.7 Å². The van der Waals surface area contributed by atoms with E-state index in [2.05, 4.69) is 7.05 Å². The van der Waals surface area contributed by atoms with Gasteiger partial charge in [-0.2, -0.15) is 0 Å². The molecule has 0 saturated carbocycles. The van der Waals surface area contributed by atoms with Crippen molar-refractivity contribution in [2.24, 2.45) is 5.92 Å². The number of rotatable bonds is 4. The first-order valence-electron chi connectivity index (χ1n) is 9.64. The van der Waals surface area contributed by atoms with E-state index in [9.17, 15) is 9.18 Å². The molecule has 5 heteroatoms. The van der Waals surface area contributed by atoms with Crippen LogP contribution in [0.4, 0.5) is 14.9 Å². The van der Waals surface area contributed by atoms with Crippen LogP contribution >= 0.6 is 0 Å². The van der Waals surface area contributed by atoms with Crippen molar-refractivity contribution in [1.82, 2.24) is 0 Å². The first-order valence-corrected chi connectivity index (χ1v) is 9.64. The Kier molecular flexibility index (Phi) is 4.87. The van der Waals surface area contributed by atoms with Gasteiger partial charge in [0.05, 0.1) is 32.4 Å². The number of hydrogen-bond acceptors (Lipinski definition) is 2. The molecular formula is C22H26FN2O2+. The summed E-state index contributed by atoms with van der Waals surface area (Å²) in [7, 11) is 2.23. The minimum atomic E-state index is -0.464. The first kappa shape index (κ1) is 18.0. The minimum Gasteiger partial charge on any atom is -0.440 e. The normalized spacial score (nSPS) is 26.6. The third-order valence-electron chi connectivity index (χ3n) is 6.03. The number of piperidine rings is 3. The number of amides is 1. The lowest BCUT2D eigenvalue weighted by atomic mass is 9.84. The van der Waals surface area contributed by atoms with Crippen molar-refractivity contribution in [2.75, 3.05) is 31.6 Å². The lowest BCUT2D eigenvalue weighted by Crippen LogP contribution is -2.62. The van der Waals surface area contributed by atoms with Crippen molar-refractivity contribution in [3.63, 3.8) is 0 Å². The van der Waals surface area contributed by atoms with Gasteiger partial charge in [-0.1, -0.05) is 42.5 Å². The van der Waals surface area contributed by atoms with E-state index in [0.717, 1.165) is 42.5 Å². The van der Waals surface area contributed by atoms with Crippen LogP contribution in [0.1, 0.15) is 18.4 Å². The molecule has 0 radical (unpaired) electrons. The van der Waals surface area contributed by atoms with Gasteiger partial charge in [-0.3, -0.25) is 4.90 Å². The van der Waals surface area contributed by atoms with E-state index in [1.165, 1.54) is 11.0 Å². The molecule has 3 fully saturated rings. The summed E-state index contributed by atoms with van der Waals surface area (Å²) in [5, 5.41) is 0. The van der Waals surface area contributed by atoms with Gasteiger partial charge in [-0.25, -0.2) is 9.18 Å². The summed E-state index contributed by atoms with van der Waals surface area (Å²) >= 11 is 0. The molecular weight excluding hydrogens is 343 g/mol. The molecule has 2 bridgehead atoms. The van der Waals surface area contributed by atoms with Crippen LogP contribution < -0.4 is 4.90 Å². The van der Waals surface area contributed by atoms with E-state index in [1.807, 2.05) is 30.3 Å². The topological polar surface area (TPSA) is 29.5 Å². The summed E-state index contributed by atoms with van der Waals surface area (Å²) in [5.41, 5.74) is 1.19. The molecule has 0 aromatic heterocycles. The van der Waals surface area contributed by atoms with E-state index in [0.29, 0.717) is 5.92 Å². The van der Waals surface area contributed by atoms with E-state index in [-0.39, 0.29) is 18.3 Å². The minimum absolute atomic E-state index is 0.0879. The fraction of sp³-hybridized carbons (Fsp3) is 0.409. The number of para-hydroxylation sites is 1. The van der Waals surface area contributed by atoms with Crippen LogP contribution in [0.3, 0.4) is 0 Å². The third-order valence-corrected chi connectivity index (χ3v) is 6.03. The van der Waals surface area contributed by atoms with Crippen molar-refractivity contribution in [1.29, 1.82) is 0 Å². The molecule has 5 rings (SSSR count). The lowest BCUT2D eigenvalue weighted by molar-refractivity contribution is -0.928. The summed E-state index contributed by atoms with van der Waals surface area (Å²) < 4.78 is 21.3. The van der Waals surface area contributed by atoms with Crippen LogP contribution in [0.25, 0.3) is 0 Å². The molecule has 142 valence electrons. The van der Waals surface area contributed by atoms with Crippen LogP contribution in [0.15, 0.2) is 54.6 Å². The number of benzene rings is 2. The summed E-state index contributed by atoms with van der Waals surface area (Å²) in [5.74, 6) is 0.00591. The number of carbonyl (C=O) groups excluding carboxylic acids is 1. The number of nitrogens with zero attached hydrogens (tertiary/aromatic N) is 2. The molecule has 1 atom stereocenters. The van der Waals surface area contributed by atoms with Gasteiger partial charge in [0.2, 0.25) is 0 Å². The molecule has 2 aromatic rings. The average Bonchev–Trinajstić information content (AvgIpc) is 2.68. The van der Waals surface area contributed by atoms with E-state index in [1.54, 1.807) is 18.2 Å². The Balaban J connectivity index is 1.56. The Bertz CT molecular complexity index is 803. The number of anilines is 1. The van der Waals surface area contributed by atoms with Crippen LogP contribution in [0, 0.1) is 11.7 Å². The van der Waals surface area contributed by atoms with Gasteiger partial charge >= 0.3 is 6.09 Å². The highest BCUT2D eigenvalue weighted by Crippen LogP contribution is 2.34. The fourth-order valence-electron chi connectivity index (χ4n) is 4.36. The molecule has 3 heterocycles. The Morgan fingerprint density at radius 3 is 2.44 bits per heavy atom. The average molecular weight is 369 g/mol. The molecule has 3 saturated heterocycles. The van der Waals surface area contributed by atoms with Crippen LogP contribution in [0.5, 0.6) is 0 Å². The van der Waals surface area contributed by atoms with Crippen LogP contribution in [-0.4, -0.2) is 43.4 Å². The summed E-state index contributed by atoms with van der Waals surface area (Å²) in [6.07, 6.45) is 1.63. The Morgan fingerprint density at radius 1 is 1.11 bits per heavy atom. The Morgan fingerprint density at radius 2 is 1.78 bits per heavy atom. The molecule has 2 aromatic carbocycles. The van der Waals surface area contributed by atoms with Gasteiger partial charge in [0.1, 0.15) is 12.4 Å². The summed E-state index contributed by atoms with van der Waals surface area (Å²) in [4.78, 5) is 14.5. The first-order chi connectivity index (χ1) is 13.0. The second-order valence-corrected chi connectivity index (χ2v) is 8.03. The number of halogens is 1. The van der Waals surface area contributed by atoms with Gasteiger partial charge in [0.25, 0.3) is 0 Å². The monoisotopic (exact) mass is 369 g/mol. The molecule has 0 aliphatic carbocycles. The summed E-state index contributed by atoms with van der Waals surface area (Å²) in [6.45, 7) is 3.44. The summed E-state index contributed by atoms with van der Waals surface area (Å²) in [6, 6.07) is 16.0. The fourth-order valence-corrected chi connectivity index (χ4v) is 4.36.